The third-order valence-electron chi connectivity index (χ3n) is 5.42. The van der Waals surface area contributed by atoms with Gasteiger partial charge in [-0.3, -0.25) is 9.59 Å². The Morgan fingerprint density at radius 2 is 1.41 bits per heavy atom. The number of aryl methyl sites for hydroxylation is 1. The average Bonchev–Trinajstić information content (AvgIpc) is 3.34. The zero-order valence-electron chi connectivity index (χ0n) is 23.0. The summed E-state index contributed by atoms with van der Waals surface area (Å²) in [5.74, 6) is 1.29. The Morgan fingerprint density at radius 3 is 1.87 bits per heavy atom. The van der Waals surface area contributed by atoms with E-state index in [2.05, 4.69) is 12.2 Å². The lowest BCUT2D eigenvalue weighted by Gasteiger charge is -2.08. The Hall–Kier alpha value is -3.88. The number of ether oxygens (including phenoxy) is 1. The van der Waals surface area contributed by atoms with Gasteiger partial charge in [-0.15, -0.1) is 11.3 Å². The molecule has 4 aromatic rings. The maximum Gasteiger partial charge on any atom is 0.290 e. The van der Waals surface area contributed by atoms with Crippen LogP contribution in [-0.2, 0) is 4.79 Å². The highest BCUT2D eigenvalue weighted by Crippen LogP contribution is 2.39. The molecule has 0 radical (unpaired) electrons. The van der Waals surface area contributed by atoms with Gasteiger partial charge in [-0.1, -0.05) is 38.0 Å². The normalized spacial score (nSPS) is 11.5. The number of phenolic OH excluding ortho intramolecular Hbond substituents is 2. The van der Waals surface area contributed by atoms with Gasteiger partial charge in [0.15, 0.2) is 6.29 Å². The summed E-state index contributed by atoms with van der Waals surface area (Å²) in [4.78, 5) is 20.5. The number of aldehydes is 1. The van der Waals surface area contributed by atoms with E-state index < -0.39 is 0 Å². The van der Waals surface area contributed by atoms with Crippen molar-refractivity contribution in [2.24, 2.45) is 0 Å². The van der Waals surface area contributed by atoms with Crippen LogP contribution < -0.4 is 10.1 Å². The number of hydrogen-bond donors (Lipinski definition) is 4. The average molecular weight is 554 g/mol. The number of phenols is 2. The predicted octanol–water partition coefficient (Wildman–Crippen LogP) is 7.28. The highest BCUT2D eigenvalue weighted by molar-refractivity contribution is 7.22. The van der Waals surface area contributed by atoms with Gasteiger partial charge in [0, 0.05) is 20.5 Å². The first-order valence-electron chi connectivity index (χ1n) is 12.8. The number of carboxylic acid groups (broad SMARTS) is 1. The van der Waals surface area contributed by atoms with E-state index in [1.165, 1.54) is 49.3 Å². The highest BCUT2D eigenvalue weighted by Gasteiger charge is 2.13. The minimum atomic E-state index is -0.250. The van der Waals surface area contributed by atoms with Crippen LogP contribution in [0.4, 0.5) is 0 Å². The Morgan fingerprint density at radius 1 is 0.846 bits per heavy atom. The molecule has 1 aliphatic rings. The van der Waals surface area contributed by atoms with Gasteiger partial charge in [0.25, 0.3) is 6.47 Å². The first-order valence-corrected chi connectivity index (χ1v) is 13.6. The fourth-order valence-corrected chi connectivity index (χ4v) is 4.74. The molecule has 39 heavy (non-hydrogen) atoms. The topological polar surface area (TPSA) is 116 Å². The molecule has 8 heteroatoms. The second kappa shape index (κ2) is 19.2. The van der Waals surface area contributed by atoms with Crippen molar-refractivity contribution in [2.45, 2.75) is 40.0 Å². The molecule has 0 aliphatic carbocycles. The summed E-state index contributed by atoms with van der Waals surface area (Å²) in [6, 6.07) is 19.6. The molecule has 0 unspecified atom stereocenters. The lowest BCUT2D eigenvalue weighted by Crippen LogP contribution is -2.21. The maximum absolute atomic E-state index is 11.3. The van der Waals surface area contributed by atoms with Crippen molar-refractivity contribution < 1.29 is 29.6 Å². The number of nitrogens with one attached hydrogen (secondary N) is 1. The smallest absolute Gasteiger partial charge is 0.290 e. The molecular formula is C31H39NO6S. The molecule has 0 saturated carbocycles. The number of hydrogen-bond acceptors (Lipinski definition) is 7. The number of fused-ring (bicyclic) bond motifs is 1. The molecular weight excluding hydrogens is 514 g/mol. The van der Waals surface area contributed by atoms with Crippen molar-refractivity contribution in [3.8, 4) is 27.7 Å². The molecule has 4 N–H and O–H groups in total. The maximum atomic E-state index is 11.3. The van der Waals surface area contributed by atoms with Crippen molar-refractivity contribution >= 4 is 34.2 Å². The number of thiophene rings is 1. The van der Waals surface area contributed by atoms with Crippen LogP contribution in [0.2, 0.25) is 0 Å². The minimum absolute atomic E-state index is 0.184. The second-order valence-corrected chi connectivity index (χ2v) is 9.18. The van der Waals surface area contributed by atoms with E-state index in [-0.39, 0.29) is 18.0 Å². The zero-order valence-corrected chi connectivity index (χ0v) is 23.8. The fraction of sp³-hybridized carbons (Fsp3) is 0.290. The molecule has 2 heterocycles. The largest absolute Gasteiger partial charge is 0.508 e. The highest BCUT2D eigenvalue weighted by atomic mass is 32.1. The van der Waals surface area contributed by atoms with Crippen LogP contribution in [-0.4, -0.2) is 48.3 Å². The summed E-state index contributed by atoms with van der Waals surface area (Å²) < 4.78 is 5.84. The zero-order chi connectivity index (χ0) is 29.0. The SMILES string of the molecule is C1CCNCC1.CC.COc1ccc(C)cc1.O=CO.O=Cc1c(-c2ccc(O)cc2)sc2cc(O)ccc12. The quantitative estimate of drug-likeness (QED) is 0.197. The number of aromatic hydroxyl groups is 2. The Kier molecular flexibility index (Phi) is 16.3. The van der Waals surface area contributed by atoms with Gasteiger partial charge in [-0.2, -0.15) is 0 Å². The molecule has 0 amide bonds. The summed E-state index contributed by atoms with van der Waals surface area (Å²) in [7, 11) is 1.67. The van der Waals surface area contributed by atoms with Crippen LogP contribution in [0.15, 0.2) is 66.7 Å². The summed E-state index contributed by atoms with van der Waals surface area (Å²) in [6.07, 6.45) is 5.05. The third-order valence-corrected chi connectivity index (χ3v) is 6.64. The van der Waals surface area contributed by atoms with Crippen molar-refractivity contribution in [1.82, 2.24) is 5.32 Å². The summed E-state index contributed by atoms with van der Waals surface area (Å²) in [5, 5.41) is 29.8. The third kappa shape index (κ3) is 11.6. The fourth-order valence-electron chi connectivity index (χ4n) is 3.53. The van der Waals surface area contributed by atoms with Gasteiger partial charge in [0.05, 0.1) is 7.11 Å². The minimum Gasteiger partial charge on any atom is -0.508 e. The number of carbonyl (C=O) groups is 2. The van der Waals surface area contributed by atoms with Gasteiger partial charge in [0.1, 0.15) is 17.2 Å². The predicted molar refractivity (Wildman–Crippen MR) is 160 cm³/mol. The van der Waals surface area contributed by atoms with E-state index in [9.17, 15) is 15.0 Å². The molecule has 5 rings (SSSR count). The van der Waals surface area contributed by atoms with Crippen LogP contribution >= 0.6 is 11.3 Å². The Bertz CT molecular complexity index is 1220. The number of rotatable bonds is 3. The van der Waals surface area contributed by atoms with Crippen molar-refractivity contribution in [3.05, 3.63) is 77.9 Å². The molecule has 0 spiro atoms. The molecule has 1 saturated heterocycles. The van der Waals surface area contributed by atoms with Crippen molar-refractivity contribution in [3.63, 3.8) is 0 Å². The van der Waals surface area contributed by atoms with Crippen molar-refractivity contribution in [2.75, 3.05) is 20.2 Å². The Balaban J connectivity index is 0.000000315. The van der Waals surface area contributed by atoms with Crippen molar-refractivity contribution in [1.29, 1.82) is 0 Å². The van der Waals surface area contributed by atoms with Gasteiger partial charge in [-0.25, -0.2) is 0 Å². The van der Waals surface area contributed by atoms with Crippen LogP contribution in [0.5, 0.6) is 17.2 Å². The molecule has 1 fully saturated rings. The van der Waals surface area contributed by atoms with E-state index in [0.29, 0.717) is 5.56 Å². The molecule has 0 bridgehead atoms. The first-order chi connectivity index (χ1) is 18.9. The number of methoxy groups -OCH3 is 1. The van der Waals surface area contributed by atoms with Gasteiger partial charge in [0.2, 0.25) is 0 Å². The molecule has 1 aliphatic heterocycles. The number of carbonyl (C=O) groups excluding carboxylic acids is 1. The van der Waals surface area contributed by atoms with Crippen LogP contribution in [0.25, 0.3) is 20.5 Å². The second-order valence-electron chi connectivity index (χ2n) is 8.12. The summed E-state index contributed by atoms with van der Waals surface area (Å²) in [6.45, 7) is 8.30. The van der Waals surface area contributed by atoms with E-state index in [1.54, 1.807) is 49.6 Å². The van der Waals surface area contributed by atoms with Gasteiger partial charge >= 0.3 is 0 Å². The molecule has 3 aromatic carbocycles. The molecule has 0 atom stereocenters. The van der Waals surface area contributed by atoms with Crippen LogP contribution in [0.3, 0.4) is 0 Å². The number of benzene rings is 3. The molecule has 210 valence electrons. The number of piperidine rings is 1. The Labute approximate surface area is 234 Å². The molecule has 7 nitrogen and oxygen atoms in total. The lowest BCUT2D eigenvalue weighted by molar-refractivity contribution is -0.122. The summed E-state index contributed by atoms with van der Waals surface area (Å²) >= 11 is 1.45. The van der Waals surface area contributed by atoms with E-state index in [0.717, 1.165) is 32.6 Å². The van der Waals surface area contributed by atoms with E-state index in [1.807, 2.05) is 38.1 Å². The van der Waals surface area contributed by atoms with Crippen LogP contribution in [0.1, 0.15) is 49.0 Å². The van der Waals surface area contributed by atoms with E-state index in [4.69, 9.17) is 14.6 Å². The lowest BCUT2D eigenvalue weighted by atomic mass is 10.1. The van der Waals surface area contributed by atoms with Gasteiger partial charge in [-0.05, 0) is 93.0 Å². The standard InChI is InChI=1S/C15H10O3S.C8H10O.C5H11N.C2H6.CH2O2/c16-8-13-12-6-5-11(18)7-14(12)19-15(13)9-1-3-10(17)4-2-9;1-7-3-5-8(9-2)6-4-7;1-2-4-6-5-3-1;1-2;2-1-3/h1-8,17-18H;3-6H,1-2H3;6H,1-5H2;1-2H3;1H,(H,2,3). The first kappa shape index (κ1) is 33.1. The molecule has 1 aromatic heterocycles. The van der Waals surface area contributed by atoms with E-state index >= 15 is 0 Å². The monoisotopic (exact) mass is 553 g/mol. The summed E-state index contributed by atoms with van der Waals surface area (Å²) in [5.41, 5.74) is 2.75. The van der Waals surface area contributed by atoms with Gasteiger partial charge < -0.3 is 25.4 Å². The van der Waals surface area contributed by atoms with Crippen LogP contribution in [0, 0.1) is 6.92 Å².